The van der Waals surface area contributed by atoms with Gasteiger partial charge in [0.1, 0.15) is 0 Å². The number of pyridine rings is 1. The van der Waals surface area contributed by atoms with E-state index in [1.807, 2.05) is 29.2 Å². The van der Waals surface area contributed by atoms with Crippen LogP contribution in [-0.2, 0) is 11.2 Å². The van der Waals surface area contributed by atoms with E-state index in [-0.39, 0.29) is 11.9 Å². The number of amides is 1. The number of hydrogen-bond acceptors (Lipinski definition) is 3. The van der Waals surface area contributed by atoms with Crippen molar-refractivity contribution in [2.24, 2.45) is 0 Å². The van der Waals surface area contributed by atoms with Crippen molar-refractivity contribution in [3.63, 3.8) is 0 Å². The topological polar surface area (TPSA) is 61.9 Å². The molecule has 0 radical (unpaired) electrons. The molecule has 2 aromatic heterocycles. The normalized spacial score (nSPS) is 18.7. The van der Waals surface area contributed by atoms with Crippen LogP contribution in [0.1, 0.15) is 30.3 Å². The van der Waals surface area contributed by atoms with Crippen LogP contribution in [0.3, 0.4) is 0 Å². The number of carbonyl (C=O) groups is 1. The molecule has 2 aromatic rings. The molecule has 1 unspecified atom stereocenters. The summed E-state index contributed by atoms with van der Waals surface area (Å²) >= 11 is 0. The summed E-state index contributed by atoms with van der Waals surface area (Å²) in [4.78, 5) is 18.7. The van der Waals surface area contributed by atoms with Crippen LogP contribution in [0.25, 0.3) is 0 Å². The summed E-state index contributed by atoms with van der Waals surface area (Å²) in [6, 6.07) is 7.82. The third-order valence-corrected chi connectivity index (χ3v) is 3.50. The molecule has 0 aliphatic carbocycles. The van der Waals surface area contributed by atoms with E-state index in [9.17, 15) is 4.79 Å². The molecule has 1 aliphatic heterocycles. The maximum Gasteiger partial charge on any atom is 0.229 e. The minimum atomic E-state index is 0.122. The second-order valence-electron chi connectivity index (χ2n) is 4.76. The monoisotopic (exact) mass is 256 g/mol. The standard InChI is InChI=1S/C14H16N4O/c19-14(10-11-6-8-16-17-11)18-9-3-5-13(18)12-4-1-2-7-15-12/h1-2,4,6-8,13H,3,5,9-10H2,(H,16,17). The molecule has 0 bridgehead atoms. The van der Waals surface area contributed by atoms with Crippen LogP contribution in [0.15, 0.2) is 36.7 Å². The Hall–Kier alpha value is -2.17. The molecule has 0 aromatic carbocycles. The molecule has 1 N–H and O–H groups in total. The Morgan fingerprint density at radius 1 is 1.37 bits per heavy atom. The fourth-order valence-electron chi connectivity index (χ4n) is 2.59. The largest absolute Gasteiger partial charge is 0.334 e. The zero-order valence-electron chi connectivity index (χ0n) is 10.6. The van der Waals surface area contributed by atoms with Gasteiger partial charge in [-0.1, -0.05) is 6.07 Å². The SMILES string of the molecule is O=C(Cc1ccn[nH]1)N1CCCC1c1ccccn1. The van der Waals surface area contributed by atoms with Gasteiger partial charge in [-0.05, 0) is 31.0 Å². The number of nitrogens with one attached hydrogen (secondary N) is 1. The molecule has 19 heavy (non-hydrogen) atoms. The van der Waals surface area contributed by atoms with Gasteiger partial charge in [-0.2, -0.15) is 5.10 Å². The van der Waals surface area contributed by atoms with Crippen LogP contribution in [0.2, 0.25) is 0 Å². The smallest absolute Gasteiger partial charge is 0.229 e. The van der Waals surface area contributed by atoms with Crippen molar-refractivity contribution in [2.45, 2.75) is 25.3 Å². The second-order valence-corrected chi connectivity index (χ2v) is 4.76. The lowest BCUT2D eigenvalue weighted by atomic mass is 10.1. The highest BCUT2D eigenvalue weighted by Crippen LogP contribution is 2.30. The third kappa shape index (κ3) is 2.50. The van der Waals surface area contributed by atoms with Crippen LogP contribution in [0, 0.1) is 0 Å². The first-order chi connectivity index (χ1) is 9.34. The van der Waals surface area contributed by atoms with Crippen LogP contribution in [0.4, 0.5) is 0 Å². The Morgan fingerprint density at radius 3 is 3.05 bits per heavy atom. The average molecular weight is 256 g/mol. The summed E-state index contributed by atoms with van der Waals surface area (Å²) in [7, 11) is 0. The molecule has 5 nitrogen and oxygen atoms in total. The van der Waals surface area contributed by atoms with Crippen molar-refractivity contribution in [1.82, 2.24) is 20.1 Å². The van der Waals surface area contributed by atoms with Crippen molar-refractivity contribution < 1.29 is 4.79 Å². The Kier molecular flexibility index (Phi) is 3.27. The molecular weight excluding hydrogens is 240 g/mol. The highest BCUT2D eigenvalue weighted by Gasteiger charge is 2.30. The molecule has 3 rings (SSSR count). The van der Waals surface area contributed by atoms with Gasteiger partial charge in [0.15, 0.2) is 0 Å². The number of hydrogen-bond donors (Lipinski definition) is 1. The summed E-state index contributed by atoms with van der Waals surface area (Å²) in [5, 5.41) is 6.70. The van der Waals surface area contributed by atoms with Crippen molar-refractivity contribution in [3.05, 3.63) is 48.0 Å². The van der Waals surface area contributed by atoms with Gasteiger partial charge in [0.2, 0.25) is 5.91 Å². The predicted octanol–water partition coefficient (Wildman–Crippen LogP) is 1.71. The molecule has 1 fully saturated rings. The van der Waals surface area contributed by atoms with E-state index in [2.05, 4.69) is 15.2 Å². The number of aromatic nitrogens is 3. The van der Waals surface area contributed by atoms with Crippen molar-refractivity contribution in [3.8, 4) is 0 Å². The molecule has 1 atom stereocenters. The van der Waals surface area contributed by atoms with Crippen molar-refractivity contribution >= 4 is 5.91 Å². The van der Waals surface area contributed by atoms with Gasteiger partial charge in [-0.15, -0.1) is 0 Å². The zero-order valence-corrected chi connectivity index (χ0v) is 10.6. The van der Waals surface area contributed by atoms with Crippen LogP contribution in [-0.4, -0.2) is 32.5 Å². The lowest BCUT2D eigenvalue weighted by Crippen LogP contribution is -2.32. The van der Waals surface area contributed by atoms with Gasteiger partial charge in [0.25, 0.3) is 0 Å². The van der Waals surface area contributed by atoms with Crippen molar-refractivity contribution in [1.29, 1.82) is 0 Å². The fourth-order valence-corrected chi connectivity index (χ4v) is 2.59. The maximum atomic E-state index is 12.3. The first-order valence-electron chi connectivity index (χ1n) is 6.53. The maximum absolute atomic E-state index is 12.3. The summed E-state index contributed by atoms with van der Waals surface area (Å²) in [5.74, 6) is 0.136. The summed E-state index contributed by atoms with van der Waals surface area (Å²) in [6.45, 7) is 0.814. The predicted molar refractivity (Wildman–Crippen MR) is 70.2 cm³/mol. The molecular formula is C14H16N4O. The summed E-state index contributed by atoms with van der Waals surface area (Å²) in [5.41, 5.74) is 1.84. The van der Waals surface area contributed by atoms with Crippen molar-refractivity contribution in [2.75, 3.05) is 6.54 Å². The van der Waals surface area contributed by atoms with E-state index < -0.39 is 0 Å². The first-order valence-corrected chi connectivity index (χ1v) is 6.53. The molecule has 5 heteroatoms. The third-order valence-electron chi connectivity index (χ3n) is 3.50. The van der Waals surface area contributed by atoms with E-state index in [4.69, 9.17) is 0 Å². The van der Waals surface area contributed by atoms with Gasteiger partial charge >= 0.3 is 0 Å². The van der Waals surface area contributed by atoms with Gasteiger partial charge in [-0.3, -0.25) is 14.9 Å². The molecule has 0 saturated carbocycles. The number of nitrogens with zero attached hydrogens (tertiary/aromatic N) is 3. The average Bonchev–Trinajstić information content (AvgIpc) is 3.10. The number of rotatable bonds is 3. The van der Waals surface area contributed by atoms with Crippen LogP contribution >= 0.6 is 0 Å². The Morgan fingerprint density at radius 2 is 2.32 bits per heavy atom. The molecule has 98 valence electrons. The van der Waals surface area contributed by atoms with E-state index in [1.165, 1.54) is 0 Å². The molecule has 1 saturated heterocycles. The number of aromatic amines is 1. The lowest BCUT2D eigenvalue weighted by molar-refractivity contribution is -0.131. The zero-order chi connectivity index (χ0) is 13.1. The van der Waals surface area contributed by atoms with Crippen LogP contribution in [0.5, 0.6) is 0 Å². The number of likely N-dealkylation sites (tertiary alicyclic amines) is 1. The summed E-state index contributed by atoms with van der Waals surface area (Å²) in [6.07, 6.45) is 5.86. The summed E-state index contributed by atoms with van der Waals surface area (Å²) < 4.78 is 0. The van der Waals surface area contributed by atoms with Gasteiger partial charge < -0.3 is 4.90 Å². The van der Waals surface area contributed by atoms with Gasteiger partial charge in [0, 0.05) is 24.6 Å². The number of H-pyrrole nitrogens is 1. The van der Waals surface area contributed by atoms with E-state index in [1.54, 1.807) is 12.4 Å². The minimum absolute atomic E-state index is 0.122. The second kappa shape index (κ2) is 5.22. The van der Waals surface area contributed by atoms with E-state index in [0.29, 0.717) is 6.42 Å². The molecule has 0 spiro atoms. The lowest BCUT2D eigenvalue weighted by Gasteiger charge is -2.24. The van der Waals surface area contributed by atoms with Gasteiger partial charge in [0.05, 0.1) is 18.2 Å². The Labute approximate surface area is 111 Å². The molecule has 1 aliphatic rings. The van der Waals surface area contributed by atoms with Gasteiger partial charge in [-0.25, -0.2) is 0 Å². The van der Waals surface area contributed by atoms with E-state index in [0.717, 1.165) is 30.8 Å². The highest BCUT2D eigenvalue weighted by molar-refractivity contribution is 5.79. The molecule has 1 amide bonds. The highest BCUT2D eigenvalue weighted by atomic mass is 16.2. The van der Waals surface area contributed by atoms with Crippen LogP contribution < -0.4 is 0 Å². The molecule has 3 heterocycles. The quantitative estimate of drug-likeness (QED) is 0.909. The first kappa shape index (κ1) is 11.9. The van der Waals surface area contributed by atoms with E-state index >= 15 is 0 Å². The minimum Gasteiger partial charge on any atom is -0.334 e. The fraction of sp³-hybridized carbons (Fsp3) is 0.357. The Balaban J connectivity index is 1.74. The Bertz CT molecular complexity index is 538. The number of carbonyl (C=O) groups excluding carboxylic acids is 1.